The maximum Gasteiger partial charge on any atom is 0.172 e. The van der Waals surface area contributed by atoms with E-state index in [0.29, 0.717) is 5.11 Å². The van der Waals surface area contributed by atoms with Crippen molar-refractivity contribution in [1.82, 2.24) is 10.3 Å². The van der Waals surface area contributed by atoms with Gasteiger partial charge in [-0.15, -0.1) is 0 Å². The smallest absolute Gasteiger partial charge is 0.172 e. The SMILES string of the molecule is Cc1ccnc(NC(=S)N[C@@H](C)c2ccc(C(C)(C)C)cc2)c1. The van der Waals surface area contributed by atoms with Gasteiger partial charge >= 0.3 is 0 Å². The van der Waals surface area contributed by atoms with E-state index in [-0.39, 0.29) is 11.5 Å². The molecule has 0 aliphatic heterocycles. The van der Waals surface area contributed by atoms with Gasteiger partial charge in [-0.2, -0.15) is 0 Å². The molecule has 0 saturated heterocycles. The summed E-state index contributed by atoms with van der Waals surface area (Å²) in [6.45, 7) is 10.8. The van der Waals surface area contributed by atoms with Crippen molar-refractivity contribution in [3.05, 3.63) is 59.3 Å². The fraction of sp³-hybridized carbons (Fsp3) is 0.368. The molecule has 0 amide bonds. The zero-order valence-corrected chi connectivity index (χ0v) is 15.3. The largest absolute Gasteiger partial charge is 0.356 e. The Labute approximate surface area is 144 Å². The van der Waals surface area contributed by atoms with Gasteiger partial charge in [0.15, 0.2) is 5.11 Å². The summed E-state index contributed by atoms with van der Waals surface area (Å²) in [5, 5.41) is 7.01. The van der Waals surface area contributed by atoms with Gasteiger partial charge in [-0.1, -0.05) is 45.0 Å². The molecular formula is C19H25N3S. The lowest BCUT2D eigenvalue weighted by atomic mass is 9.86. The Hall–Kier alpha value is -1.94. The van der Waals surface area contributed by atoms with E-state index in [1.54, 1.807) is 6.20 Å². The Bertz CT molecular complexity index is 672. The van der Waals surface area contributed by atoms with E-state index in [1.165, 1.54) is 11.1 Å². The minimum atomic E-state index is 0.133. The van der Waals surface area contributed by atoms with Crippen LogP contribution < -0.4 is 10.6 Å². The van der Waals surface area contributed by atoms with Gasteiger partial charge < -0.3 is 10.6 Å². The summed E-state index contributed by atoms with van der Waals surface area (Å²) in [5.74, 6) is 0.762. The van der Waals surface area contributed by atoms with Gasteiger partial charge in [0.25, 0.3) is 0 Å². The van der Waals surface area contributed by atoms with Crippen LogP contribution >= 0.6 is 12.2 Å². The third-order valence-electron chi connectivity index (χ3n) is 3.78. The zero-order valence-electron chi connectivity index (χ0n) is 14.5. The molecule has 0 aliphatic carbocycles. The Morgan fingerprint density at radius 1 is 1.13 bits per heavy atom. The van der Waals surface area contributed by atoms with Crippen molar-refractivity contribution in [2.75, 3.05) is 5.32 Å². The molecule has 122 valence electrons. The van der Waals surface area contributed by atoms with Gasteiger partial charge in [0.2, 0.25) is 0 Å². The van der Waals surface area contributed by atoms with Crippen LogP contribution in [0.1, 0.15) is 50.4 Å². The Kier molecular flexibility index (Phi) is 5.37. The van der Waals surface area contributed by atoms with Gasteiger partial charge in [-0.25, -0.2) is 4.98 Å². The highest BCUT2D eigenvalue weighted by molar-refractivity contribution is 7.80. The van der Waals surface area contributed by atoms with Crippen molar-refractivity contribution in [3.8, 4) is 0 Å². The van der Waals surface area contributed by atoms with Crippen molar-refractivity contribution in [2.24, 2.45) is 0 Å². The summed E-state index contributed by atoms with van der Waals surface area (Å²) in [6.07, 6.45) is 1.77. The van der Waals surface area contributed by atoms with Crippen LogP contribution in [0, 0.1) is 6.92 Å². The van der Waals surface area contributed by atoms with Crippen molar-refractivity contribution in [1.29, 1.82) is 0 Å². The molecule has 3 nitrogen and oxygen atoms in total. The zero-order chi connectivity index (χ0) is 17.0. The molecule has 1 heterocycles. The first-order chi connectivity index (χ1) is 10.8. The second-order valence-corrected chi connectivity index (χ2v) is 7.32. The summed E-state index contributed by atoms with van der Waals surface area (Å²) >= 11 is 5.38. The highest BCUT2D eigenvalue weighted by Gasteiger charge is 2.14. The number of nitrogens with zero attached hydrogens (tertiary/aromatic N) is 1. The highest BCUT2D eigenvalue weighted by Crippen LogP contribution is 2.23. The Balaban J connectivity index is 1.98. The second kappa shape index (κ2) is 7.09. The van der Waals surface area contributed by atoms with Crippen LogP contribution in [0.3, 0.4) is 0 Å². The van der Waals surface area contributed by atoms with E-state index in [9.17, 15) is 0 Å². The normalized spacial score (nSPS) is 12.6. The summed E-state index contributed by atoms with van der Waals surface area (Å²) in [5.41, 5.74) is 3.86. The van der Waals surface area contributed by atoms with Crippen LogP contribution in [0.15, 0.2) is 42.6 Å². The summed E-state index contributed by atoms with van der Waals surface area (Å²) < 4.78 is 0. The molecule has 0 saturated carbocycles. The number of rotatable bonds is 3. The van der Waals surface area contributed by atoms with Crippen LogP contribution in [0.5, 0.6) is 0 Å². The van der Waals surface area contributed by atoms with Gasteiger partial charge in [0.1, 0.15) is 5.82 Å². The maximum atomic E-state index is 5.38. The van der Waals surface area contributed by atoms with Crippen LogP contribution in [0.4, 0.5) is 5.82 Å². The van der Waals surface area contributed by atoms with Gasteiger partial charge in [-0.05, 0) is 60.3 Å². The molecule has 0 aliphatic rings. The predicted molar refractivity (Wildman–Crippen MR) is 102 cm³/mol. The summed E-state index contributed by atoms with van der Waals surface area (Å²) in [4.78, 5) is 4.26. The van der Waals surface area contributed by atoms with E-state index >= 15 is 0 Å². The Morgan fingerprint density at radius 3 is 2.35 bits per heavy atom. The number of anilines is 1. The standard InChI is InChI=1S/C19H25N3S/c1-13-10-11-20-17(12-13)22-18(23)21-14(2)15-6-8-16(9-7-15)19(3,4)5/h6-12,14H,1-5H3,(H2,20,21,22,23)/t14-/m0/s1. The molecule has 1 aromatic heterocycles. The molecule has 0 spiro atoms. The molecular weight excluding hydrogens is 302 g/mol. The highest BCUT2D eigenvalue weighted by atomic mass is 32.1. The number of pyridine rings is 1. The third-order valence-corrected chi connectivity index (χ3v) is 4.00. The van der Waals surface area contributed by atoms with Crippen LogP contribution in [-0.4, -0.2) is 10.1 Å². The number of aromatic nitrogens is 1. The van der Waals surface area contributed by atoms with Gasteiger partial charge in [0.05, 0.1) is 6.04 Å². The first kappa shape index (κ1) is 17.4. The molecule has 2 N–H and O–H groups in total. The lowest BCUT2D eigenvalue weighted by Crippen LogP contribution is -2.31. The molecule has 0 radical (unpaired) electrons. The minimum absolute atomic E-state index is 0.133. The molecule has 1 atom stereocenters. The topological polar surface area (TPSA) is 37.0 Å². The molecule has 0 bridgehead atoms. The first-order valence-corrected chi connectivity index (χ1v) is 8.27. The van der Waals surface area contributed by atoms with Crippen molar-refractivity contribution < 1.29 is 0 Å². The van der Waals surface area contributed by atoms with E-state index < -0.39 is 0 Å². The quantitative estimate of drug-likeness (QED) is 0.799. The van der Waals surface area contributed by atoms with Crippen LogP contribution in [0.2, 0.25) is 0 Å². The number of thiocarbonyl (C=S) groups is 1. The van der Waals surface area contributed by atoms with Gasteiger partial charge in [0, 0.05) is 6.20 Å². The van der Waals surface area contributed by atoms with E-state index in [0.717, 1.165) is 11.4 Å². The minimum Gasteiger partial charge on any atom is -0.356 e. The molecule has 0 fully saturated rings. The average molecular weight is 327 g/mol. The molecule has 0 unspecified atom stereocenters. The monoisotopic (exact) mass is 327 g/mol. The lowest BCUT2D eigenvalue weighted by Gasteiger charge is -2.21. The molecule has 2 rings (SSSR count). The summed E-state index contributed by atoms with van der Waals surface area (Å²) in [6, 6.07) is 12.8. The van der Waals surface area contributed by atoms with Crippen molar-refractivity contribution in [3.63, 3.8) is 0 Å². The molecule has 1 aromatic carbocycles. The molecule has 2 aromatic rings. The van der Waals surface area contributed by atoms with Crippen molar-refractivity contribution >= 4 is 23.1 Å². The number of nitrogens with one attached hydrogen (secondary N) is 2. The number of aryl methyl sites for hydroxylation is 1. The number of hydrogen-bond donors (Lipinski definition) is 2. The van der Waals surface area contributed by atoms with Crippen LogP contribution in [-0.2, 0) is 5.41 Å². The third kappa shape index (κ3) is 5.03. The fourth-order valence-corrected chi connectivity index (χ4v) is 2.59. The molecule has 4 heteroatoms. The van der Waals surface area contributed by atoms with Crippen LogP contribution in [0.25, 0.3) is 0 Å². The number of benzene rings is 1. The van der Waals surface area contributed by atoms with E-state index in [4.69, 9.17) is 12.2 Å². The van der Waals surface area contributed by atoms with Gasteiger partial charge in [-0.3, -0.25) is 0 Å². The number of hydrogen-bond acceptors (Lipinski definition) is 2. The summed E-state index contributed by atoms with van der Waals surface area (Å²) in [7, 11) is 0. The maximum absolute atomic E-state index is 5.38. The molecule has 23 heavy (non-hydrogen) atoms. The predicted octanol–water partition coefficient (Wildman–Crippen LogP) is 4.74. The van der Waals surface area contributed by atoms with E-state index in [1.807, 2.05) is 19.1 Å². The lowest BCUT2D eigenvalue weighted by molar-refractivity contribution is 0.589. The second-order valence-electron chi connectivity index (χ2n) is 6.91. The van der Waals surface area contributed by atoms with Crippen molar-refractivity contribution in [2.45, 2.75) is 46.1 Å². The average Bonchev–Trinajstić information content (AvgIpc) is 2.46. The fourth-order valence-electron chi connectivity index (χ4n) is 2.31. The Morgan fingerprint density at radius 2 is 1.78 bits per heavy atom. The first-order valence-electron chi connectivity index (χ1n) is 7.86. The van der Waals surface area contributed by atoms with E-state index in [2.05, 4.69) is 67.6 Å².